The van der Waals surface area contributed by atoms with Crippen LogP contribution < -0.4 is 5.69 Å². The van der Waals surface area contributed by atoms with E-state index in [2.05, 4.69) is 25.0 Å². The number of aryl methyl sites for hydroxylation is 1. The van der Waals surface area contributed by atoms with Gasteiger partial charge in [-0.05, 0) is 44.9 Å². The van der Waals surface area contributed by atoms with Gasteiger partial charge in [0.1, 0.15) is 12.4 Å². The van der Waals surface area contributed by atoms with Crippen molar-refractivity contribution >= 4 is 5.91 Å². The minimum Gasteiger partial charge on any atom is -0.340 e. The SMILES string of the molecule is CCCCc1nn(CC(=O)N2CC3CC=C(C)CC3C2)c(=O)n1CC. The highest BCUT2D eigenvalue weighted by Crippen LogP contribution is 2.35. The van der Waals surface area contributed by atoms with Gasteiger partial charge in [-0.15, -0.1) is 0 Å². The number of carbonyl (C=O) groups excluding carboxylic acids is 1. The van der Waals surface area contributed by atoms with Gasteiger partial charge < -0.3 is 4.90 Å². The molecule has 2 atom stereocenters. The predicted octanol–water partition coefficient (Wildman–Crippen LogP) is 2.22. The summed E-state index contributed by atoms with van der Waals surface area (Å²) >= 11 is 0. The second-order valence-electron chi connectivity index (χ2n) is 7.51. The van der Waals surface area contributed by atoms with Gasteiger partial charge in [-0.3, -0.25) is 9.36 Å². The van der Waals surface area contributed by atoms with Crippen molar-refractivity contribution in [3.8, 4) is 0 Å². The maximum absolute atomic E-state index is 12.7. The molecule has 138 valence electrons. The third-order valence-electron chi connectivity index (χ3n) is 5.64. The average Bonchev–Trinajstić information content (AvgIpc) is 3.14. The molecular formula is C19H30N4O2. The molecule has 0 bridgehead atoms. The number of rotatable bonds is 6. The molecule has 2 heterocycles. The summed E-state index contributed by atoms with van der Waals surface area (Å²) in [5, 5.41) is 4.44. The summed E-state index contributed by atoms with van der Waals surface area (Å²) in [5.41, 5.74) is 1.28. The second kappa shape index (κ2) is 7.58. The first-order chi connectivity index (χ1) is 12.0. The molecule has 1 aromatic heterocycles. The van der Waals surface area contributed by atoms with Crippen LogP contribution in [0.1, 0.15) is 52.3 Å². The van der Waals surface area contributed by atoms with E-state index in [9.17, 15) is 9.59 Å². The number of nitrogens with zero attached hydrogens (tertiary/aromatic N) is 4. The maximum Gasteiger partial charge on any atom is 0.346 e. The smallest absolute Gasteiger partial charge is 0.340 e. The lowest BCUT2D eigenvalue weighted by atomic mass is 9.83. The summed E-state index contributed by atoms with van der Waals surface area (Å²) in [6.45, 7) is 8.56. The summed E-state index contributed by atoms with van der Waals surface area (Å²) in [6, 6.07) is 0. The van der Waals surface area contributed by atoms with E-state index in [0.29, 0.717) is 18.4 Å². The number of likely N-dealkylation sites (tertiary alicyclic amines) is 1. The van der Waals surface area contributed by atoms with Gasteiger partial charge in [-0.2, -0.15) is 5.10 Å². The van der Waals surface area contributed by atoms with Crippen molar-refractivity contribution in [2.75, 3.05) is 13.1 Å². The first-order valence-corrected chi connectivity index (χ1v) is 9.63. The van der Waals surface area contributed by atoms with Gasteiger partial charge in [0, 0.05) is 26.1 Å². The van der Waals surface area contributed by atoms with Crippen LogP contribution in [0.4, 0.5) is 0 Å². The normalized spacial score (nSPS) is 22.8. The minimum absolute atomic E-state index is 0.0250. The van der Waals surface area contributed by atoms with Crippen LogP contribution in [0.5, 0.6) is 0 Å². The molecule has 2 aliphatic rings. The molecule has 1 aliphatic heterocycles. The van der Waals surface area contributed by atoms with Gasteiger partial charge in [0.15, 0.2) is 0 Å². The Bertz CT molecular complexity index is 715. The fraction of sp³-hybridized carbons (Fsp3) is 0.737. The zero-order valence-electron chi connectivity index (χ0n) is 15.7. The number of aromatic nitrogens is 3. The fourth-order valence-electron chi connectivity index (χ4n) is 4.14. The van der Waals surface area contributed by atoms with E-state index in [1.54, 1.807) is 4.57 Å². The molecule has 0 N–H and O–H groups in total. The van der Waals surface area contributed by atoms with Crippen LogP contribution in [0.15, 0.2) is 16.4 Å². The molecule has 25 heavy (non-hydrogen) atoms. The molecule has 1 amide bonds. The van der Waals surface area contributed by atoms with Crippen LogP contribution in [0, 0.1) is 11.8 Å². The number of amides is 1. The fourth-order valence-corrected chi connectivity index (χ4v) is 4.14. The first kappa shape index (κ1) is 18.0. The Hall–Kier alpha value is -1.85. The first-order valence-electron chi connectivity index (χ1n) is 9.63. The number of hydrogen-bond donors (Lipinski definition) is 0. The number of carbonyl (C=O) groups is 1. The Labute approximate surface area is 149 Å². The Morgan fingerprint density at radius 3 is 2.76 bits per heavy atom. The Morgan fingerprint density at radius 1 is 1.28 bits per heavy atom. The van der Waals surface area contributed by atoms with E-state index in [0.717, 1.165) is 51.0 Å². The van der Waals surface area contributed by atoms with Gasteiger partial charge in [-0.25, -0.2) is 9.48 Å². The predicted molar refractivity (Wildman–Crippen MR) is 97.3 cm³/mol. The molecule has 2 unspecified atom stereocenters. The Morgan fingerprint density at radius 2 is 2.04 bits per heavy atom. The Balaban J connectivity index is 1.67. The summed E-state index contributed by atoms with van der Waals surface area (Å²) in [7, 11) is 0. The van der Waals surface area contributed by atoms with Crippen molar-refractivity contribution in [1.82, 2.24) is 19.2 Å². The zero-order chi connectivity index (χ0) is 18.0. The molecule has 6 heteroatoms. The molecule has 1 fully saturated rings. The van der Waals surface area contributed by atoms with Gasteiger partial charge >= 0.3 is 5.69 Å². The largest absolute Gasteiger partial charge is 0.346 e. The quantitative estimate of drug-likeness (QED) is 0.742. The molecule has 1 saturated heterocycles. The zero-order valence-corrected chi connectivity index (χ0v) is 15.7. The molecule has 6 nitrogen and oxygen atoms in total. The van der Waals surface area contributed by atoms with Crippen LogP contribution in [-0.2, 0) is 24.3 Å². The van der Waals surface area contributed by atoms with Gasteiger partial charge in [0.2, 0.25) is 5.91 Å². The van der Waals surface area contributed by atoms with Crippen molar-refractivity contribution in [1.29, 1.82) is 0 Å². The highest BCUT2D eigenvalue weighted by atomic mass is 16.2. The molecule has 0 aromatic carbocycles. The van der Waals surface area contributed by atoms with Crippen LogP contribution in [0.25, 0.3) is 0 Å². The van der Waals surface area contributed by atoms with Crippen molar-refractivity contribution in [3.63, 3.8) is 0 Å². The van der Waals surface area contributed by atoms with E-state index in [1.807, 2.05) is 11.8 Å². The van der Waals surface area contributed by atoms with E-state index in [1.165, 1.54) is 10.3 Å². The standard InChI is InChI=1S/C19H30N4O2/c1-4-6-7-17-20-23(19(25)22(17)5-2)13-18(24)21-11-15-9-8-14(3)10-16(15)12-21/h8,15-16H,4-7,9-13H2,1-3H3. The van der Waals surface area contributed by atoms with Gasteiger partial charge in [0.05, 0.1) is 0 Å². The molecule has 0 radical (unpaired) electrons. The number of fused-ring (bicyclic) bond motifs is 1. The van der Waals surface area contributed by atoms with Gasteiger partial charge in [0.25, 0.3) is 0 Å². The van der Waals surface area contributed by atoms with E-state index in [-0.39, 0.29) is 18.1 Å². The molecule has 3 rings (SSSR count). The topological polar surface area (TPSA) is 60.1 Å². The van der Waals surface area contributed by atoms with E-state index < -0.39 is 0 Å². The van der Waals surface area contributed by atoms with Crippen LogP contribution >= 0.6 is 0 Å². The minimum atomic E-state index is -0.156. The van der Waals surface area contributed by atoms with Gasteiger partial charge in [-0.1, -0.05) is 25.0 Å². The lowest BCUT2D eigenvalue weighted by Crippen LogP contribution is -2.36. The highest BCUT2D eigenvalue weighted by molar-refractivity contribution is 5.76. The molecule has 0 spiro atoms. The van der Waals surface area contributed by atoms with E-state index in [4.69, 9.17) is 0 Å². The second-order valence-corrected chi connectivity index (χ2v) is 7.51. The van der Waals surface area contributed by atoms with Crippen molar-refractivity contribution < 1.29 is 4.79 Å². The lowest BCUT2D eigenvalue weighted by molar-refractivity contribution is -0.131. The third-order valence-corrected chi connectivity index (χ3v) is 5.64. The molecule has 0 saturated carbocycles. The number of unbranched alkanes of at least 4 members (excludes halogenated alkanes) is 1. The third kappa shape index (κ3) is 3.72. The highest BCUT2D eigenvalue weighted by Gasteiger charge is 2.36. The van der Waals surface area contributed by atoms with Crippen LogP contribution in [0.2, 0.25) is 0 Å². The summed E-state index contributed by atoms with van der Waals surface area (Å²) in [5.74, 6) is 1.99. The van der Waals surface area contributed by atoms with Crippen LogP contribution in [0.3, 0.4) is 0 Å². The Kier molecular flexibility index (Phi) is 5.45. The average molecular weight is 346 g/mol. The van der Waals surface area contributed by atoms with Crippen molar-refractivity contribution in [2.45, 2.75) is 66.0 Å². The summed E-state index contributed by atoms with van der Waals surface area (Å²) < 4.78 is 3.06. The number of allylic oxidation sites excluding steroid dienone is 2. The van der Waals surface area contributed by atoms with Crippen molar-refractivity contribution in [3.05, 3.63) is 28.0 Å². The molecule has 1 aliphatic carbocycles. The van der Waals surface area contributed by atoms with E-state index >= 15 is 0 Å². The lowest BCUT2D eigenvalue weighted by Gasteiger charge is -2.21. The van der Waals surface area contributed by atoms with Crippen molar-refractivity contribution in [2.24, 2.45) is 11.8 Å². The molecule has 1 aromatic rings. The maximum atomic E-state index is 12.7. The summed E-state index contributed by atoms with van der Waals surface area (Å²) in [4.78, 5) is 27.2. The molecular weight excluding hydrogens is 316 g/mol. The monoisotopic (exact) mass is 346 g/mol. The number of hydrogen-bond acceptors (Lipinski definition) is 3. The van der Waals surface area contributed by atoms with Crippen LogP contribution in [-0.4, -0.2) is 38.2 Å². The summed E-state index contributed by atoms with van der Waals surface area (Å²) in [6.07, 6.45) is 7.34.